The van der Waals surface area contributed by atoms with Crippen LogP contribution in [0.3, 0.4) is 0 Å². The molecule has 0 radical (unpaired) electrons. The lowest BCUT2D eigenvalue weighted by molar-refractivity contribution is -0.123. The molecule has 0 aromatic heterocycles. The van der Waals surface area contributed by atoms with E-state index in [-0.39, 0.29) is 12.1 Å². The topological polar surface area (TPSA) is 64.7 Å². The normalized spacial score (nSPS) is 14.7. The molecule has 1 saturated heterocycles. The number of benzene rings is 2. The summed E-state index contributed by atoms with van der Waals surface area (Å²) in [5, 5.41) is 5.09. The second kappa shape index (κ2) is 8.64. The Bertz CT molecular complexity index is 802. The zero-order valence-corrected chi connectivity index (χ0v) is 15.2. The van der Waals surface area contributed by atoms with Crippen molar-refractivity contribution < 1.29 is 14.0 Å². The first-order chi connectivity index (χ1) is 13.0. The largest absolute Gasteiger partial charge is 0.369 e. The van der Waals surface area contributed by atoms with Gasteiger partial charge in [-0.15, -0.1) is 0 Å². The molecule has 6 nitrogen and oxygen atoms in total. The molecule has 0 bridgehead atoms. The smallest absolute Gasteiger partial charge is 0.233 e. The van der Waals surface area contributed by atoms with Crippen molar-refractivity contribution in [2.45, 2.75) is 6.42 Å². The maximum absolute atomic E-state index is 13.5. The summed E-state index contributed by atoms with van der Waals surface area (Å²) in [5.41, 5.74) is 1.79. The minimum atomic E-state index is -0.563. The van der Waals surface area contributed by atoms with Crippen molar-refractivity contribution in [1.29, 1.82) is 0 Å². The number of likely N-dealkylation sites (N-methyl/N-ethyl adjacent to an activating group) is 1. The van der Waals surface area contributed by atoms with Crippen molar-refractivity contribution in [3.8, 4) is 0 Å². The van der Waals surface area contributed by atoms with E-state index in [9.17, 15) is 14.0 Å². The first-order valence-electron chi connectivity index (χ1n) is 8.89. The number of hydrogen-bond acceptors (Lipinski definition) is 4. The SMILES string of the molecule is CN1CCN(c2ccc(NC(=O)CC(=O)Nc3ccccc3F)cc2)CC1. The van der Waals surface area contributed by atoms with Crippen molar-refractivity contribution >= 4 is 28.9 Å². The van der Waals surface area contributed by atoms with Crippen LogP contribution in [0.2, 0.25) is 0 Å². The van der Waals surface area contributed by atoms with Crippen molar-refractivity contribution in [2.24, 2.45) is 0 Å². The molecule has 0 saturated carbocycles. The maximum Gasteiger partial charge on any atom is 0.233 e. The predicted octanol–water partition coefficient (Wildman–Crippen LogP) is 2.54. The van der Waals surface area contributed by atoms with Crippen LogP contribution in [0.25, 0.3) is 0 Å². The molecule has 2 amide bonds. The zero-order chi connectivity index (χ0) is 19.2. The second-order valence-electron chi connectivity index (χ2n) is 6.59. The van der Waals surface area contributed by atoms with Crippen molar-refractivity contribution in [3.05, 3.63) is 54.3 Å². The maximum atomic E-state index is 13.5. The summed E-state index contributed by atoms with van der Waals surface area (Å²) in [5.74, 6) is -1.55. The van der Waals surface area contributed by atoms with E-state index in [1.54, 1.807) is 6.07 Å². The second-order valence-corrected chi connectivity index (χ2v) is 6.59. The Morgan fingerprint density at radius 3 is 2.22 bits per heavy atom. The van der Waals surface area contributed by atoms with Gasteiger partial charge in [0.15, 0.2) is 0 Å². The first-order valence-corrected chi connectivity index (χ1v) is 8.89. The van der Waals surface area contributed by atoms with E-state index >= 15 is 0 Å². The average Bonchev–Trinajstić information content (AvgIpc) is 2.65. The molecule has 0 atom stereocenters. The van der Waals surface area contributed by atoms with Gasteiger partial charge in [0.1, 0.15) is 12.2 Å². The molecule has 1 aliphatic heterocycles. The van der Waals surface area contributed by atoms with E-state index in [0.717, 1.165) is 31.9 Å². The third-order valence-electron chi connectivity index (χ3n) is 4.49. The fourth-order valence-electron chi connectivity index (χ4n) is 2.93. The predicted molar refractivity (Wildman–Crippen MR) is 104 cm³/mol. The highest BCUT2D eigenvalue weighted by Crippen LogP contribution is 2.19. The first kappa shape index (κ1) is 18.8. The monoisotopic (exact) mass is 370 g/mol. The average molecular weight is 370 g/mol. The van der Waals surface area contributed by atoms with Crippen molar-refractivity contribution in [3.63, 3.8) is 0 Å². The molecule has 7 heteroatoms. The fraction of sp³-hybridized carbons (Fsp3) is 0.300. The molecule has 0 aliphatic carbocycles. The van der Waals surface area contributed by atoms with Crippen LogP contribution in [-0.2, 0) is 9.59 Å². The van der Waals surface area contributed by atoms with Gasteiger partial charge in [0, 0.05) is 37.6 Å². The molecular formula is C20H23FN4O2. The minimum Gasteiger partial charge on any atom is -0.369 e. The van der Waals surface area contributed by atoms with E-state index in [1.807, 2.05) is 24.3 Å². The minimum absolute atomic E-state index is 0.0619. The van der Waals surface area contributed by atoms with Gasteiger partial charge in [-0.25, -0.2) is 4.39 Å². The molecule has 1 fully saturated rings. The molecule has 3 rings (SSSR count). The number of anilines is 3. The summed E-state index contributed by atoms with van der Waals surface area (Å²) in [4.78, 5) is 28.5. The van der Waals surface area contributed by atoms with Crippen LogP contribution < -0.4 is 15.5 Å². The number of nitrogens with zero attached hydrogens (tertiary/aromatic N) is 2. The lowest BCUT2D eigenvalue weighted by Gasteiger charge is -2.34. The van der Waals surface area contributed by atoms with Gasteiger partial charge in [-0.1, -0.05) is 12.1 Å². The molecule has 0 spiro atoms. The van der Waals surface area contributed by atoms with E-state index in [1.165, 1.54) is 18.2 Å². The Balaban J connectivity index is 1.50. The molecule has 1 heterocycles. The molecule has 0 unspecified atom stereocenters. The molecule has 27 heavy (non-hydrogen) atoms. The molecular weight excluding hydrogens is 347 g/mol. The van der Waals surface area contributed by atoms with Crippen LogP contribution in [0.5, 0.6) is 0 Å². The Labute approximate surface area is 158 Å². The summed E-state index contributed by atoms with van der Waals surface area (Å²) < 4.78 is 13.5. The fourth-order valence-corrected chi connectivity index (χ4v) is 2.93. The van der Waals surface area contributed by atoms with Crippen LogP contribution in [0.15, 0.2) is 48.5 Å². The third-order valence-corrected chi connectivity index (χ3v) is 4.49. The van der Waals surface area contributed by atoms with E-state index < -0.39 is 17.6 Å². The van der Waals surface area contributed by atoms with Gasteiger partial charge in [-0.3, -0.25) is 9.59 Å². The van der Waals surface area contributed by atoms with Crippen LogP contribution in [0.1, 0.15) is 6.42 Å². The summed E-state index contributed by atoms with van der Waals surface area (Å²) in [7, 11) is 2.11. The van der Waals surface area contributed by atoms with Gasteiger partial charge in [-0.2, -0.15) is 0 Å². The lowest BCUT2D eigenvalue weighted by atomic mass is 10.2. The summed E-state index contributed by atoms with van der Waals surface area (Å²) in [6.45, 7) is 3.99. The molecule has 2 aromatic carbocycles. The third kappa shape index (κ3) is 5.27. The standard InChI is InChI=1S/C20H23FN4O2/c1-24-10-12-25(13-11-24)16-8-6-15(7-9-16)22-19(26)14-20(27)23-18-5-3-2-4-17(18)21/h2-9H,10-14H2,1H3,(H,22,26)(H,23,27). The molecule has 2 N–H and O–H groups in total. The Kier molecular flexibility index (Phi) is 6.03. The number of piperazine rings is 1. The van der Waals surface area contributed by atoms with Gasteiger partial charge < -0.3 is 20.4 Å². The highest BCUT2D eigenvalue weighted by Gasteiger charge is 2.15. The van der Waals surface area contributed by atoms with Gasteiger partial charge in [0.05, 0.1) is 5.69 Å². The highest BCUT2D eigenvalue weighted by atomic mass is 19.1. The Morgan fingerprint density at radius 1 is 0.926 bits per heavy atom. The van der Waals surface area contributed by atoms with Crippen LogP contribution in [0.4, 0.5) is 21.5 Å². The van der Waals surface area contributed by atoms with E-state index in [4.69, 9.17) is 0 Å². The van der Waals surface area contributed by atoms with Gasteiger partial charge in [0.2, 0.25) is 11.8 Å². The highest BCUT2D eigenvalue weighted by molar-refractivity contribution is 6.08. The number of para-hydroxylation sites is 1. The zero-order valence-electron chi connectivity index (χ0n) is 15.2. The van der Waals surface area contributed by atoms with Gasteiger partial charge >= 0.3 is 0 Å². The lowest BCUT2D eigenvalue weighted by Crippen LogP contribution is -2.44. The van der Waals surface area contributed by atoms with Gasteiger partial charge in [-0.05, 0) is 43.4 Å². The number of carbonyl (C=O) groups excluding carboxylic acids is 2. The molecule has 1 aliphatic rings. The van der Waals surface area contributed by atoms with E-state index in [0.29, 0.717) is 5.69 Å². The van der Waals surface area contributed by atoms with Crippen LogP contribution >= 0.6 is 0 Å². The molecule has 142 valence electrons. The van der Waals surface area contributed by atoms with Crippen molar-refractivity contribution in [2.75, 3.05) is 48.8 Å². The number of rotatable bonds is 5. The van der Waals surface area contributed by atoms with Crippen LogP contribution in [-0.4, -0.2) is 49.9 Å². The number of halogens is 1. The number of amides is 2. The Hall–Kier alpha value is -2.93. The Morgan fingerprint density at radius 2 is 1.56 bits per heavy atom. The summed E-state index contributed by atoms with van der Waals surface area (Å²) in [6, 6.07) is 13.4. The summed E-state index contributed by atoms with van der Waals surface area (Å²) >= 11 is 0. The van der Waals surface area contributed by atoms with Crippen molar-refractivity contribution in [1.82, 2.24) is 4.90 Å². The molecule has 2 aromatic rings. The number of hydrogen-bond donors (Lipinski definition) is 2. The van der Waals surface area contributed by atoms with Gasteiger partial charge in [0.25, 0.3) is 0 Å². The quantitative estimate of drug-likeness (QED) is 0.794. The summed E-state index contributed by atoms with van der Waals surface area (Å²) in [6.07, 6.45) is -0.380. The number of carbonyl (C=O) groups is 2. The van der Waals surface area contributed by atoms with Crippen LogP contribution in [0, 0.1) is 5.82 Å². The van der Waals surface area contributed by atoms with E-state index in [2.05, 4.69) is 27.5 Å². The number of nitrogens with one attached hydrogen (secondary N) is 2.